The first-order valence-corrected chi connectivity index (χ1v) is 14.1. The van der Waals surface area contributed by atoms with Gasteiger partial charge in [-0.05, 0) is 61.9 Å². The number of fused-ring (bicyclic) bond motifs is 1. The van der Waals surface area contributed by atoms with Gasteiger partial charge in [0.15, 0.2) is 9.84 Å². The van der Waals surface area contributed by atoms with E-state index in [9.17, 15) is 26.7 Å². The lowest BCUT2D eigenvalue weighted by Crippen LogP contribution is -2.29. The van der Waals surface area contributed by atoms with E-state index < -0.39 is 22.6 Å². The molecule has 3 N–H and O–H groups in total. The van der Waals surface area contributed by atoms with Gasteiger partial charge in [0.25, 0.3) is 0 Å². The number of benzene rings is 2. The first-order valence-electron chi connectivity index (χ1n) is 12.2. The molecule has 4 rings (SSSR count). The number of methoxy groups -OCH3 is 1. The summed E-state index contributed by atoms with van der Waals surface area (Å²) in [6.45, 7) is -1.09. The summed E-state index contributed by atoms with van der Waals surface area (Å²) in [5.41, 5.74) is 1.85. The first-order chi connectivity index (χ1) is 17.9. The Hall–Kier alpha value is -3.36. The molecule has 1 fully saturated rings. The Morgan fingerprint density at radius 3 is 2.63 bits per heavy atom. The minimum absolute atomic E-state index is 0.0399. The molecule has 1 aliphatic rings. The lowest BCUT2D eigenvalue weighted by molar-refractivity contribution is -0.140. The summed E-state index contributed by atoms with van der Waals surface area (Å²) in [5.74, 6) is 6.03. The summed E-state index contributed by atoms with van der Waals surface area (Å²) in [4.78, 5) is 0.106. The first kappa shape index (κ1) is 27.7. The summed E-state index contributed by atoms with van der Waals surface area (Å²) in [7, 11) is -2.00. The minimum atomic E-state index is -4.44. The average molecular weight is 550 g/mol. The highest BCUT2D eigenvalue weighted by atomic mass is 32.2. The number of nitrogens with zero attached hydrogens (tertiary/aromatic N) is 1. The highest BCUT2D eigenvalue weighted by Crippen LogP contribution is 2.32. The molecule has 0 saturated heterocycles. The molecule has 11 heteroatoms. The van der Waals surface area contributed by atoms with Crippen molar-refractivity contribution in [3.63, 3.8) is 0 Å². The fourth-order valence-corrected chi connectivity index (χ4v) is 5.34. The van der Waals surface area contributed by atoms with E-state index in [0.717, 1.165) is 30.1 Å². The van der Waals surface area contributed by atoms with E-state index in [4.69, 9.17) is 4.74 Å². The molecule has 0 bridgehead atoms. The van der Waals surface area contributed by atoms with Crippen LogP contribution in [0.15, 0.2) is 47.4 Å². The number of sulfone groups is 1. The van der Waals surface area contributed by atoms with Crippen molar-refractivity contribution >= 4 is 32.1 Å². The highest BCUT2D eigenvalue weighted by molar-refractivity contribution is 7.90. The number of hydrogen-bond acceptors (Lipinski definition) is 6. The summed E-state index contributed by atoms with van der Waals surface area (Å²) in [5, 5.41) is 17.1. The van der Waals surface area contributed by atoms with E-state index in [1.54, 1.807) is 24.3 Å². The zero-order chi connectivity index (χ0) is 27.5. The topological polar surface area (TPSA) is 92.6 Å². The summed E-state index contributed by atoms with van der Waals surface area (Å²) in [6.07, 6.45) is -0.616. The van der Waals surface area contributed by atoms with E-state index in [1.165, 1.54) is 19.2 Å². The molecular weight excluding hydrogens is 519 g/mol. The molecule has 0 amide bonds. The lowest BCUT2D eigenvalue weighted by atomic mass is 9.93. The van der Waals surface area contributed by atoms with Gasteiger partial charge in [-0.1, -0.05) is 12.0 Å². The maximum atomic E-state index is 13.5. The standard InChI is InChI=1S/C27H30F3N3O4S/c1-37-26-16-21(38(2,35)36)11-12-24(26)31-13-5-7-19-15-22-23(32-18-6-3-8-20(34)14-18)9-4-10-25(22)33(19)17-27(28,29)30/h4,9-12,15-16,18,20,31-32,34H,3,6,8,13-14,17H2,1-2H3/t18-,20+/m0/s1. The molecule has 1 saturated carbocycles. The maximum absolute atomic E-state index is 13.5. The minimum Gasteiger partial charge on any atom is -0.495 e. The zero-order valence-corrected chi connectivity index (χ0v) is 21.9. The van der Waals surface area contributed by atoms with Crippen molar-refractivity contribution in [1.82, 2.24) is 4.57 Å². The quantitative estimate of drug-likeness (QED) is 0.367. The number of ether oxygens (including phenoxy) is 1. The third kappa shape index (κ3) is 6.74. The van der Waals surface area contributed by atoms with Gasteiger partial charge in [-0.3, -0.25) is 0 Å². The van der Waals surface area contributed by atoms with Crippen LogP contribution in [0.1, 0.15) is 31.4 Å². The van der Waals surface area contributed by atoms with Crippen molar-refractivity contribution in [1.29, 1.82) is 0 Å². The van der Waals surface area contributed by atoms with Gasteiger partial charge in [-0.25, -0.2) is 8.42 Å². The average Bonchev–Trinajstić information content (AvgIpc) is 3.18. The Kier molecular flexibility index (Phi) is 8.13. The van der Waals surface area contributed by atoms with Gasteiger partial charge in [0.2, 0.25) is 0 Å². The second-order valence-corrected chi connectivity index (χ2v) is 11.4. The fourth-order valence-electron chi connectivity index (χ4n) is 4.70. The molecule has 38 heavy (non-hydrogen) atoms. The number of alkyl halides is 3. The number of aromatic nitrogens is 1. The third-order valence-corrected chi connectivity index (χ3v) is 7.58. The number of hydrogen-bond donors (Lipinski definition) is 3. The molecule has 0 aliphatic heterocycles. The van der Waals surface area contributed by atoms with Crippen molar-refractivity contribution < 1.29 is 31.4 Å². The number of aliphatic hydroxyl groups is 1. The SMILES string of the molecule is COc1cc(S(C)(=O)=O)ccc1NCC#Cc1cc2c(N[C@H]3CCC[C@@H](O)C3)cccc2n1CC(F)(F)F. The largest absolute Gasteiger partial charge is 0.495 e. The molecular formula is C27H30F3N3O4S. The van der Waals surface area contributed by atoms with E-state index in [-0.39, 0.29) is 29.3 Å². The van der Waals surface area contributed by atoms with Crippen molar-refractivity contribution in [2.24, 2.45) is 0 Å². The lowest BCUT2D eigenvalue weighted by Gasteiger charge is -2.27. The number of anilines is 2. The van der Waals surface area contributed by atoms with Gasteiger partial charge >= 0.3 is 6.18 Å². The van der Waals surface area contributed by atoms with Crippen LogP contribution in [0.4, 0.5) is 24.5 Å². The van der Waals surface area contributed by atoms with E-state index in [2.05, 4.69) is 22.5 Å². The van der Waals surface area contributed by atoms with E-state index >= 15 is 0 Å². The van der Waals surface area contributed by atoms with Crippen LogP contribution in [-0.2, 0) is 16.4 Å². The van der Waals surface area contributed by atoms with Gasteiger partial charge in [0.05, 0.1) is 41.6 Å². The van der Waals surface area contributed by atoms with Crippen LogP contribution in [-0.4, -0.2) is 56.3 Å². The third-order valence-electron chi connectivity index (χ3n) is 6.47. The predicted molar refractivity (Wildman–Crippen MR) is 141 cm³/mol. The highest BCUT2D eigenvalue weighted by Gasteiger charge is 2.30. The Balaban J connectivity index is 1.60. The van der Waals surface area contributed by atoms with Gasteiger partial charge in [0.1, 0.15) is 12.3 Å². The Morgan fingerprint density at radius 1 is 1.16 bits per heavy atom. The normalized spacial score (nSPS) is 18.1. The van der Waals surface area contributed by atoms with Crippen molar-refractivity contribution in [2.75, 3.05) is 30.5 Å². The Bertz CT molecular complexity index is 1470. The van der Waals surface area contributed by atoms with Gasteiger partial charge in [-0.2, -0.15) is 13.2 Å². The second-order valence-electron chi connectivity index (χ2n) is 9.42. The van der Waals surface area contributed by atoms with Crippen molar-refractivity contribution in [3.05, 3.63) is 48.2 Å². The molecule has 0 unspecified atom stereocenters. The summed E-state index contributed by atoms with van der Waals surface area (Å²) in [6, 6.07) is 11.3. The molecule has 0 radical (unpaired) electrons. The van der Waals surface area contributed by atoms with E-state index in [1.807, 2.05) is 6.07 Å². The smallest absolute Gasteiger partial charge is 0.406 e. The van der Waals surface area contributed by atoms with Crippen LogP contribution in [0, 0.1) is 11.8 Å². The van der Waals surface area contributed by atoms with Crippen LogP contribution in [0.3, 0.4) is 0 Å². The molecule has 2 atom stereocenters. The number of rotatable bonds is 7. The predicted octanol–water partition coefficient (Wildman–Crippen LogP) is 4.79. The molecule has 2 aromatic carbocycles. The molecule has 3 aromatic rings. The monoisotopic (exact) mass is 549 g/mol. The molecule has 1 aliphatic carbocycles. The van der Waals surface area contributed by atoms with Crippen LogP contribution in [0.2, 0.25) is 0 Å². The zero-order valence-electron chi connectivity index (χ0n) is 21.1. The molecule has 0 spiro atoms. The van der Waals surface area contributed by atoms with Crippen LogP contribution < -0.4 is 15.4 Å². The van der Waals surface area contributed by atoms with Crippen molar-refractivity contribution in [3.8, 4) is 17.6 Å². The van der Waals surface area contributed by atoms with Gasteiger partial charge in [-0.15, -0.1) is 0 Å². The molecule has 1 aromatic heterocycles. The van der Waals surface area contributed by atoms with E-state index in [0.29, 0.717) is 34.4 Å². The molecule has 204 valence electrons. The second kappa shape index (κ2) is 11.2. The van der Waals surface area contributed by atoms with Crippen LogP contribution >= 0.6 is 0 Å². The Morgan fingerprint density at radius 2 is 1.95 bits per heavy atom. The van der Waals surface area contributed by atoms with Gasteiger partial charge in [0, 0.05) is 29.4 Å². The number of nitrogens with one attached hydrogen (secondary N) is 2. The Labute approximate surface area is 219 Å². The van der Waals surface area contributed by atoms with Crippen LogP contribution in [0.25, 0.3) is 10.9 Å². The fraction of sp³-hybridized carbons (Fsp3) is 0.407. The molecule has 7 nitrogen and oxygen atoms in total. The van der Waals surface area contributed by atoms with Crippen molar-refractivity contribution in [2.45, 2.75) is 55.4 Å². The van der Waals surface area contributed by atoms with Crippen LogP contribution in [0.5, 0.6) is 5.75 Å². The maximum Gasteiger partial charge on any atom is 0.406 e. The number of aliphatic hydroxyl groups excluding tert-OH is 1. The number of halogens is 3. The molecule has 1 heterocycles. The summed E-state index contributed by atoms with van der Waals surface area (Å²) < 4.78 is 70.4. The summed E-state index contributed by atoms with van der Waals surface area (Å²) >= 11 is 0. The van der Waals surface area contributed by atoms with Gasteiger partial charge < -0.3 is 25.0 Å².